The number of allylic oxidation sites excluding steroid dienone is 2. The van der Waals surface area contributed by atoms with Crippen LogP contribution >= 0.6 is 0 Å². The molecule has 0 saturated heterocycles. The maximum absolute atomic E-state index is 11.3. The Balaban J connectivity index is 2.81. The SMILES string of the molecule is CCC1(C)CC(C)=CC1=O. The Labute approximate surface area is 62.1 Å². The van der Waals surface area contributed by atoms with Gasteiger partial charge in [-0.05, 0) is 25.8 Å². The van der Waals surface area contributed by atoms with Crippen LogP contribution in [0.1, 0.15) is 33.6 Å². The molecule has 0 radical (unpaired) electrons. The molecule has 0 saturated carbocycles. The van der Waals surface area contributed by atoms with Gasteiger partial charge in [-0.1, -0.05) is 19.4 Å². The van der Waals surface area contributed by atoms with Crippen molar-refractivity contribution in [3.05, 3.63) is 11.6 Å². The highest BCUT2D eigenvalue weighted by molar-refractivity contribution is 5.97. The van der Waals surface area contributed by atoms with Gasteiger partial charge in [0.2, 0.25) is 0 Å². The minimum atomic E-state index is -0.0654. The van der Waals surface area contributed by atoms with E-state index in [-0.39, 0.29) is 5.41 Å². The van der Waals surface area contributed by atoms with Crippen molar-refractivity contribution in [2.24, 2.45) is 5.41 Å². The second-order valence-corrected chi connectivity index (χ2v) is 3.45. The third kappa shape index (κ3) is 1.00. The summed E-state index contributed by atoms with van der Waals surface area (Å²) in [5, 5.41) is 0. The van der Waals surface area contributed by atoms with E-state index in [0.717, 1.165) is 12.8 Å². The molecule has 1 heteroatoms. The number of rotatable bonds is 1. The summed E-state index contributed by atoms with van der Waals surface area (Å²) >= 11 is 0. The van der Waals surface area contributed by atoms with Gasteiger partial charge in [-0.15, -0.1) is 0 Å². The number of carbonyl (C=O) groups excluding carboxylic acids is 1. The number of ketones is 1. The van der Waals surface area contributed by atoms with E-state index in [9.17, 15) is 4.79 Å². The van der Waals surface area contributed by atoms with Crippen molar-refractivity contribution in [3.63, 3.8) is 0 Å². The van der Waals surface area contributed by atoms with E-state index >= 15 is 0 Å². The zero-order valence-electron chi connectivity index (χ0n) is 6.90. The average molecular weight is 138 g/mol. The first kappa shape index (κ1) is 7.52. The largest absolute Gasteiger partial charge is 0.294 e. The molecule has 0 amide bonds. The molecule has 0 bridgehead atoms. The maximum Gasteiger partial charge on any atom is 0.161 e. The third-order valence-corrected chi connectivity index (χ3v) is 2.42. The Morgan fingerprint density at radius 3 is 2.50 bits per heavy atom. The molecule has 0 aromatic rings. The summed E-state index contributed by atoms with van der Waals surface area (Å²) in [6.45, 7) is 6.14. The highest BCUT2D eigenvalue weighted by Crippen LogP contribution is 2.36. The molecule has 56 valence electrons. The van der Waals surface area contributed by atoms with Gasteiger partial charge in [0.1, 0.15) is 0 Å². The second-order valence-electron chi connectivity index (χ2n) is 3.45. The second kappa shape index (κ2) is 2.22. The first-order valence-electron chi connectivity index (χ1n) is 3.80. The predicted octanol–water partition coefficient (Wildman–Crippen LogP) is 2.32. The highest BCUT2D eigenvalue weighted by atomic mass is 16.1. The van der Waals surface area contributed by atoms with Gasteiger partial charge in [0.15, 0.2) is 5.78 Å². The lowest BCUT2D eigenvalue weighted by molar-refractivity contribution is -0.122. The molecule has 0 N–H and O–H groups in total. The molecule has 1 nitrogen and oxygen atoms in total. The zero-order chi connectivity index (χ0) is 7.78. The summed E-state index contributed by atoms with van der Waals surface area (Å²) in [6.07, 6.45) is 3.70. The van der Waals surface area contributed by atoms with Crippen LogP contribution in [0.15, 0.2) is 11.6 Å². The van der Waals surface area contributed by atoms with E-state index in [4.69, 9.17) is 0 Å². The van der Waals surface area contributed by atoms with Gasteiger partial charge in [0.25, 0.3) is 0 Å². The Morgan fingerprint density at radius 2 is 2.30 bits per heavy atom. The Morgan fingerprint density at radius 1 is 1.70 bits per heavy atom. The molecule has 0 heterocycles. The van der Waals surface area contributed by atoms with Crippen molar-refractivity contribution in [2.45, 2.75) is 33.6 Å². The van der Waals surface area contributed by atoms with Crippen molar-refractivity contribution < 1.29 is 4.79 Å². The Bertz CT molecular complexity index is 191. The van der Waals surface area contributed by atoms with Crippen LogP contribution in [0.3, 0.4) is 0 Å². The van der Waals surface area contributed by atoms with Crippen molar-refractivity contribution in [1.29, 1.82) is 0 Å². The lowest BCUT2D eigenvalue weighted by Gasteiger charge is -2.19. The minimum Gasteiger partial charge on any atom is -0.294 e. The summed E-state index contributed by atoms with van der Waals surface area (Å²) in [6, 6.07) is 0. The minimum absolute atomic E-state index is 0.0654. The highest BCUT2D eigenvalue weighted by Gasteiger charge is 2.34. The molecule has 1 aliphatic rings. The topological polar surface area (TPSA) is 17.1 Å². The molecule has 0 aromatic heterocycles. The smallest absolute Gasteiger partial charge is 0.161 e. The van der Waals surface area contributed by atoms with E-state index in [1.807, 2.05) is 13.8 Å². The molecule has 0 fully saturated rings. The monoisotopic (exact) mass is 138 g/mol. The molecule has 0 aliphatic heterocycles. The number of hydrogen-bond acceptors (Lipinski definition) is 1. The molecular formula is C9H14O. The quantitative estimate of drug-likeness (QED) is 0.543. The Hall–Kier alpha value is -0.590. The van der Waals surface area contributed by atoms with Crippen LogP contribution < -0.4 is 0 Å². The van der Waals surface area contributed by atoms with Gasteiger partial charge < -0.3 is 0 Å². The Kier molecular flexibility index (Phi) is 1.67. The molecule has 1 rings (SSSR count). The fourth-order valence-electron chi connectivity index (χ4n) is 1.45. The average Bonchev–Trinajstić information content (AvgIpc) is 2.09. The van der Waals surface area contributed by atoms with Crippen molar-refractivity contribution in [2.75, 3.05) is 0 Å². The van der Waals surface area contributed by atoms with Crippen LogP contribution in [0.4, 0.5) is 0 Å². The normalized spacial score (nSPS) is 32.7. The first-order chi connectivity index (χ1) is 4.58. The maximum atomic E-state index is 11.3. The summed E-state index contributed by atoms with van der Waals surface area (Å²) in [4.78, 5) is 11.3. The van der Waals surface area contributed by atoms with Crippen LogP contribution in [0, 0.1) is 5.41 Å². The van der Waals surface area contributed by atoms with Gasteiger partial charge in [-0.3, -0.25) is 4.79 Å². The predicted molar refractivity (Wildman–Crippen MR) is 41.8 cm³/mol. The van der Waals surface area contributed by atoms with Crippen molar-refractivity contribution >= 4 is 5.78 Å². The van der Waals surface area contributed by atoms with Gasteiger partial charge in [0, 0.05) is 5.41 Å². The van der Waals surface area contributed by atoms with Gasteiger partial charge in [-0.2, -0.15) is 0 Å². The van der Waals surface area contributed by atoms with Crippen LogP contribution in [0.2, 0.25) is 0 Å². The van der Waals surface area contributed by atoms with Crippen LogP contribution in [0.25, 0.3) is 0 Å². The summed E-state index contributed by atoms with van der Waals surface area (Å²) in [7, 11) is 0. The van der Waals surface area contributed by atoms with E-state index in [1.165, 1.54) is 5.57 Å². The molecule has 0 spiro atoms. The zero-order valence-corrected chi connectivity index (χ0v) is 6.90. The summed E-state index contributed by atoms with van der Waals surface area (Å²) < 4.78 is 0. The lowest BCUT2D eigenvalue weighted by Crippen LogP contribution is -2.20. The lowest BCUT2D eigenvalue weighted by atomic mass is 9.83. The van der Waals surface area contributed by atoms with E-state index in [0.29, 0.717) is 5.78 Å². The van der Waals surface area contributed by atoms with E-state index < -0.39 is 0 Å². The van der Waals surface area contributed by atoms with E-state index in [2.05, 4.69) is 6.92 Å². The van der Waals surface area contributed by atoms with Crippen molar-refractivity contribution in [1.82, 2.24) is 0 Å². The van der Waals surface area contributed by atoms with Gasteiger partial charge >= 0.3 is 0 Å². The fraction of sp³-hybridized carbons (Fsp3) is 0.667. The van der Waals surface area contributed by atoms with Crippen LogP contribution in [-0.4, -0.2) is 5.78 Å². The molecule has 0 aromatic carbocycles. The molecule has 1 aliphatic carbocycles. The van der Waals surface area contributed by atoms with Gasteiger partial charge in [-0.25, -0.2) is 0 Å². The fourth-order valence-corrected chi connectivity index (χ4v) is 1.45. The standard InChI is InChI=1S/C9H14O/c1-4-9(3)6-7(2)5-8(9)10/h5H,4,6H2,1-3H3. The number of hydrogen-bond donors (Lipinski definition) is 0. The summed E-state index contributed by atoms with van der Waals surface area (Å²) in [5.41, 5.74) is 1.17. The van der Waals surface area contributed by atoms with Gasteiger partial charge in [0.05, 0.1) is 0 Å². The first-order valence-corrected chi connectivity index (χ1v) is 3.80. The third-order valence-electron chi connectivity index (χ3n) is 2.42. The van der Waals surface area contributed by atoms with E-state index in [1.54, 1.807) is 6.08 Å². The summed E-state index contributed by atoms with van der Waals surface area (Å²) in [5.74, 6) is 0.313. The molecular weight excluding hydrogens is 124 g/mol. The van der Waals surface area contributed by atoms with Crippen molar-refractivity contribution in [3.8, 4) is 0 Å². The molecule has 1 unspecified atom stereocenters. The van der Waals surface area contributed by atoms with Crippen LogP contribution in [0.5, 0.6) is 0 Å². The van der Waals surface area contributed by atoms with Crippen LogP contribution in [-0.2, 0) is 4.79 Å². The number of carbonyl (C=O) groups is 1. The molecule has 10 heavy (non-hydrogen) atoms. The molecule has 1 atom stereocenters.